The van der Waals surface area contributed by atoms with E-state index in [0.29, 0.717) is 24.6 Å². The molecule has 132 valence electrons. The SMILES string of the molecule is CCN(Cc1ccccc1)C(=O)c1cnc(Nc2ccccc2F)cn1. The Balaban J connectivity index is 1.70. The number of para-hydroxylation sites is 1. The molecular weight excluding hydrogens is 331 g/mol. The normalized spacial score (nSPS) is 10.4. The maximum atomic E-state index is 13.7. The molecule has 26 heavy (non-hydrogen) atoms. The first kappa shape index (κ1) is 17.5. The van der Waals surface area contributed by atoms with Gasteiger partial charge in [0.2, 0.25) is 0 Å². The average Bonchev–Trinajstić information content (AvgIpc) is 2.69. The number of carbonyl (C=O) groups is 1. The van der Waals surface area contributed by atoms with Crippen molar-refractivity contribution in [1.82, 2.24) is 14.9 Å². The van der Waals surface area contributed by atoms with Gasteiger partial charge in [-0.2, -0.15) is 0 Å². The minimum absolute atomic E-state index is 0.193. The van der Waals surface area contributed by atoms with Crippen LogP contribution >= 0.6 is 0 Å². The summed E-state index contributed by atoms with van der Waals surface area (Å²) in [6.45, 7) is 2.99. The molecule has 0 saturated carbocycles. The molecule has 1 heterocycles. The van der Waals surface area contributed by atoms with E-state index in [-0.39, 0.29) is 17.4 Å². The second kappa shape index (κ2) is 8.20. The van der Waals surface area contributed by atoms with Crippen LogP contribution in [0.2, 0.25) is 0 Å². The largest absolute Gasteiger partial charge is 0.337 e. The molecule has 0 aliphatic heterocycles. The quantitative estimate of drug-likeness (QED) is 0.729. The van der Waals surface area contributed by atoms with Crippen LogP contribution in [0.25, 0.3) is 0 Å². The van der Waals surface area contributed by atoms with Gasteiger partial charge in [0.15, 0.2) is 0 Å². The third-order valence-electron chi connectivity index (χ3n) is 3.89. The van der Waals surface area contributed by atoms with E-state index >= 15 is 0 Å². The molecule has 0 aliphatic carbocycles. The number of halogens is 1. The second-order valence-corrected chi connectivity index (χ2v) is 5.70. The molecule has 2 aromatic carbocycles. The fraction of sp³-hybridized carbons (Fsp3) is 0.150. The highest BCUT2D eigenvalue weighted by Crippen LogP contribution is 2.17. The Hall–Kier alpha value is -3.28. The van der Waals surface area contributed by atoms with Gasteiger partial charge in [0.05, 0.1) is 18.1 Å². The number of carbonyl (C=O) groups excluding carboxylic acids is 1. The Morgan fingerprint density at radius 3 is 2.42 bits per heavy atom. The number of nitrogens with one attached hydrogen (secondary N) is 1. The Labute approximate surface area is 151 Å². The first-order chi connectivity index (χ1) is 12.7. The number of nitrogens with zero attached hydrogens (tertiary/aromatic N) is 3. The number of hydrogen-bond acceptors (Lipinski definition) is 4. The Morgan fingerprint density at radius 2 is 1.77 bits per heavy atom. The highest BCUT2D eigenvalue weighted by Gasteiger charge is 2.16. The van der Waals surface area contributed by atoms with Gasteiger partial charge in [-0.1, -0.05) is 42.5 Å². The van der Waals surface area contributed by atoms with Crippen molar-refractivity contribution in [3.05, 3.63) is 84.1 Å². The number of aromatic nitrogens is 2. The summed E-state index contributed by atoms with van der Waals surface area (Å²) in [4.78, 5) is 22.7. The fourth-order valence-corrected chi connectivity index (χ4v) is 2.50. The second-order valence-electron chi connectivity index (χ2n) is 5.70. The lowest BCUT2D eigenvalue weighted by atomic mass is 10.2. The lowest BCUT2D eigenvalue weighted by Gasteiger charge is -2.20. The van der Waals surface area contributed by atoms with Gasteiger partial charge in [0.1, 0.15) is 17.3 Å². The van der Waals surface area contributed by atoms with Gasteiger partial charge < -0.3 is 10.2 Å². The maximum Gasteiger partial charge on any atom is 0.274 e. The van der Waals surface area contributed by atoms with Crippen molar-refractivity contribution in [2.45, 2.75) is 13.5 Å². The standard InChI is InChI=1S/C20H19FN4O/c1-2-25(14-15-8-4-3-5-9-15)20(26)18-12-23-19(13-22-18)24-17-11-7-6-10-16(17)21/h3-13H,2,14H2,1H3,(H,23,24). The van der Waals surface area contributed by atoms with Gasteiger partial charge in [0.25, 0.3) is 5.91 Å². The topological polar surface area (TPSA) is 58.1 Å². The number of anilines is 2. The van der Waals surface area contributed by atoms with E-state index < -0.39 is 0 Å². The van der Waals surface area contributed by atoms with E-state index in [9.17, 15) is 9.18 Å². The third kappa shape index (κ3) is 4.22. The van der Waals surface area contributed by atoms with Gasteiger partial charge in [-0.25, -0.2) is 14.4 Å². The first-order valence-corrected chi connectivity index (χ1v) is 8.34. The number of rotatable bonds is 6. The highest BCUT2D eigenvalue weighted by atomic mass is 19.1. The summed E-state index contributed by atoms with van der Waals surface area (Å²) in [6, 6.07) is 16.1. The maximum absolute atomic E-state index is 13.7. The zero-order valence-electron chi connectivity index (χ0n) is 14.4. The molecule has 0 radical (unpaired) electrons. The van der Waals surface area contributed by atoms with Crippen LogP contribution in [0.15, 0.2) is 67.0 Å². The van der Waals surface area contributed by atoms with Crippen molar-refractivity contribution in [2.75, 3.05) is 11.9 Å². The Kier molecular flexibility index (Phi) is 5.53. The molecule has 6 heteroatoms. The van der Waals surface area contributed by atoms with E-state index in [4.69, 9.17) is 0 Å². The van der Waals surface area contributed by atoms with E-state index in [2.05, 4.69) is 15.3 Å². The van der Waals surface area contributed by atoms with Crippen LogP contribution in [0, 0.1) is 5.82 Å². The number of amides is 1. The Bertz CT molecular complexity index is 868. The molecule has 1 aromatic heterocycles. The summed E-state index contributed by atoms with van der Waals surface area (Å²) in [5, 5.41) is 2.85. The van der Waals surface area contributed by atoms with Gasteiger partial charge in [-0.3, -0.25) is 4.79 Å². The van der Waals surface area contributed by atoms with Crippen molar-refractivity contribution in [1.29, 1.82) is 0 Å². The van der Waals surface area contributed by atoms with Crippen molar-refractivity contribution < 1.29 is 9.18 Å². The molecule has 3 aromatic rings. The van der Waals surface area contributed by atoms with E-state index in [0.717, 1.165) is 5.56 Å². The van der Waals surface area contributed by atoms with Gasteiger partial charge >= 0.3 is 0 Å². The molecular formula is C20H19FN4O. The van der Waals surface area contributed by atoms with E-state index in [1.807, 2.05) is 37.3 Å². The molecule has 0 aliphatic rings. The lowest BCUT2D eigenvalue weighted by Crippen LogP contribution is -2.31. The molecule has 0 spiro atoms. The van der Waals surface area contributed by atoms with Crippen molar-refractivity contribution in [2.24, 2.45) is 0 Å². The summed E-state index contributed by atoms with van der Waals surface area (Å²) >= 11 is 0. The lowest BCUT2D eigenvalue weighted by molar-refractivity contribution is 0.0746. The van der Waals surface area contributed by atoms with Crippen LogP contribution in [0.1, 0.15) is 23.0 Å². The third-order valence-corrected chi connectivity index (χ3v) is 3.89. The zero-order valence-corrected chi connectivity index (χ0v) is 14.4. The minimum Gasteiger partial charge on any atom is -0.337 e. The van der Waals surface area contributed by atoms with Crippen molar-refractivity contribution in [3.63, 3.8) is 0 Å². The van der Waals surface area contributed by atoms with Gasteiger partial charge in [0, 0.05) is 13.1 Å². The molecule has 0 atom stereocenters. The van der Waals surface area contributed by atoms with Crippen LogP contribution in [0.3, 0.4) is 0 Å². The predicted molar refractivity (Wildman–Crippen MR) is 98.6 cm³/mol. The van der Waals surface area contributed by atoms with E-state index in [1.165, 1.54) is 18.5 Å². The van der Waals surface area contributed by atoms with Crippen LogP contribution in [-0.4, -0.2) is 27.3 Å². The molecule has 3 rings (SSSR count). The summed E-state index contributed by atoms with van der Waals surface area (Å²) in [5.74, 6) is -0.200. The molecule has 0 saturated heterocycles. The fourth-order valence-electron chi connectivity index (χ4n) is 2.50. The molecule has 0 unspecified atom stereocenters. The summed E-state index contributed by atoms with van der Waals surface area (Å²) < 4.78 is 13.7. The van der Waals surface area contributed by atoms with Gasteiger partial charge in [-0.15, -0.1) is 0 Å². The summed E-state index contributed by atoms with van der Waals surface area (Å²) in [6.07, 6.45) is 2.83. The molecule has 1 amide bonds. The zero-order chi connectivity index (χ0) is 18.4. The number of benzene rings is 2. The Morgan fingerprint density at radius 1 is 1.04 bits per heavy atom. The molecule has 1 N–H and O–H groups in total. The van der Waals surface area contributed by atoms with Crippen LogP contribution in [-0.2, 0) is 6.54 Å². The molecule has 0 bridgehead atoms. The summed E-state index contributed by atoms with van der Waals surface area (Å²) in [5.41, 5.74) is 1.61. The van der Waals surface area contributed by atoms with Crippen LogP contribution < -0.4 is 5.32 Å². The van der Waals surface area contributed by atoms with Crippen LogP contribution in [0.5, 0.6) is 0 Å². The van der Waals surface area contributed by atoms with Crippen molar-refractivity contribution >= 4 is 17.4 Å². The summed E-state index contributed by atoms with van der Waals surface area (Å²) in [7, 11) is 0. The minimum atomic E-state index is -0.380. The molecule has 5 nitrogen and oxygen atoms in total. The van der Waals surface area contributed by atoms with E-state index in [1.54, 1.807) is 23.1 Å². The molecule has 0 fully saturated rings. The monoisotopic (exact) mass is 350 g/mol. The first-order valence-electron chi connectivity index (χ1n) is 8.34. The van der Waals surface area contributed by atoms with Gasteiger partial charge in [-0.05, 0) is 24.6 Å². The predicted octanol–water partition coefficient (Wildman–Crippen LogP) is 4.02. The number of hydrogen-bond donors (Lipinski definition) is 1. The highest BCUT2D eigenvalue weighted by molar-refractivity contribution is 5.92. The van der Waals surface area contributed by atoms with Crippen LogP contribution in [0.4, 0.5) is 15.9 Å². The smallest absolute Gasteiger partial charge is 0.274 e. The average molecular weight is 350 g/mol. The van der Waals surface area contributed by atoms with Crippen molar-refractivity contribution in [3.8, 4) is 0 Å².